The molecule has 7 heteroatoms. The third kappa shape index (κ3) is 4.44. The van der Waals surface area contributed by atoms with E-state index < -0.39 is 12.5 Å². The van der Waals surface area contributed by atoms with Crippen molar-refractivity contribution in [3.63, 3.8) is 0 Å². The Morgan fingerprint density at radius 3 is 2.34 bits per heavy atom. The molecule has 0 saturated heterocycles. The number of carbonyl (C=O) groups excluding carboxylic acids is 1. The minimum atomic E-state index is -3.06. The van der Waals surface area contributed by atoms with Crippen molar-refractivity contribution in [2.45, 2.75) is 37.7 Å². The molecule has 29 heavy (non-hydrogen) atoms. The fourth-order valence-electron chi connectivity index (χ4n) is 4.09. The molecule has 0 bridgehead atoms. The van der Waals surface area contributed by atoms with E-state index in [1.54, 1.807) is 13.2 Å². The maximum atomic E-state index is 12.9. The number of halogens is 2. The Labute approximate surface area is 169 Å². The standard InChI is InChI=1S/C22H25F2NO4/c1-27-17-10-4-3-9-16(17)22(12-5-6-13-22)14-25-20(26)15-8-7-11-18(28-2)19(15)29-21(23)24/h3-4,7-11,21H,5-6,12-14H2,1-2H3,(H,25,26). The molecule has 1 N–H and O–H groups in total. The Kier molecular flexibility index (Phi) is 6.56. The van der Waals surface area contributed by atoms with Gasteiger partial charge in [-0.15, -0.1) is 0 Å². The zero-order chi connectivity index (χ0) is 20.9. The lowest BCUT2D eigenvalue weighted by Crippen LogP contribution is -2.39. The highest BCUT2D eigenvalue weighted by Crippen LogP contribution is 2.44. The fourth-order valence-corrected chi connectivity index (χ4v) is 4.09. The second-order valence-electron chi connectivity index (χ2n) is 7.09. The van der Waals surface area contributed by atoms with Crippen LogP contribution in [-0.4, -0.2) is 33.3 Å². The van der Waals surface area contributed by atoms with Crippen LogP contribution in [0.5, 0.6) is 17.2 Å². The summed E-state index contributed by atoms with van der Waals surface area (Å²) in [7, 11) is 2.97. The molecule has 0 radical (unpaired) electrons. The van der Waals surface area contributed by atoms with Crippen LogP contribution >= 0.6 is 0 Å². The van der Waals surface area contributed by atoms with Crippen LogP contribution in [0.1, 0.15) is 41.6 Å². The first-order valence-electron chi connectivity index (χ1n) is 9.54. The first-order chi connectivity index (χ1) is 14.0. The summed E-state index contributed by atoms with van der Waals surface area (Å²) in [5, 5.41) is 2.92. The van der Waals surface area contributed by atoms with Gasteiger partial charge >= 0.3 is 6.61 Å². The third-order valence-electron chi connectivity index (χ3n) is 5.48. The number of amides is 1. The molecule has 2 aromatic rings. The van der Waals surface area contributed by atoms with Gasteiger partial charge in [0.15, 0.2) is 11.5 Å². The van der Waals surface area contributed by atoms with Gasteiger partial charge in [-0.3, -0.25) is 4.79 Å². The second kappa shape index (κ2) is 9.11. The van der Waals surface area contributed by atoms with Gasteiger partial charge in [0.05, 0.1) is 19.8 Å². The molecule has 2 aromatic carbocycles. The summed E-state index contributed by atoms with van der Waals surface area (Å²) in [6.07, 6.45) is 3.91. The van der Waals surface area contributed by atoms with Gasteiger partial charge < -0.3 is 19.5 Å². The molecule has 1 fully saturated rings. The van der Waals surface area contributed by atoms with Crippen LogP contribution in [0, 0.1) is 0 Å². The first kappa shape index (κ1) is 20.9. The van der Waals surface area contributed by atoms with E-state index in [0.29, 0.717) is 6.54 Å². The molecule has 0 unspecified atom stereocenters. The maximum absolute atomic E-state index is 12.9. The lowest BCUT2D eigenvalue weighted by molar-refractivity contribution is -0.0515. The summed E-state index contributed by atoms with van der Waals surface area (Å²) in [6.45, 7) is -2.69. The molecule has 0 aliphatic heterocycles. The maximum Gasteiger partial charge on any atom is 0.387 e. The first-order valence-corrected chi connectivity index (χ1v) is 9.54. The number of carbonyl (C=O) groups is 1. The van der Waals surface area contributed by atoms with Crippen LogP contribution in [0.4, 0.5) is 8.78 Å². The van der Waals surface area contributed by atoms with Gasteiger partial charge in [0.25, 0.3) is 5.91 Å². The molecule has 0 atom stereocenters. The third-order valence-corrected chi connectivity index (χ3v) is 5.48. The minimum Gasteiger partial charge on any atom is -0.496 e. The van der Waals surface area contributed by atoms with Gasteiger partial charge in [0, 0.05) is 17.5 Å². The smallest absolute Gasteiger partial charge is 0.387 e. The van der Waals surface area contributed by atoms with Gasteiger partial charge in [-0.2, -0.15) is 8.78 Å². The van der Waals surface area contributed by atoms with Gasteiger partial charge in [-0.05, 0) is 31.0 Å². The Hall–Kier alpha value is -2.83. The highest BCUT2D eigenvalue weighted by Gasteiger charge is 2.38. The lowest BCUT2D eigenvalue weighted by Gasteiger charge is -2.31. The van der Waals surface area contributed by atoms with Crippen LogP contribution in [0.15, 0.2) is 42.5 Å². The van der Waals surface area contributed by atoms with Gasteiger partial charge in [-0.1, -0.05) is 37.1 Å². The van der Waals surface area contributed by atoms with Crippen LogP contribution in [0.25, 0.3) is 0 Å². The summed E-state index contributed by atoms with van der Waals surface area (Å²) in [6, 6.07) is 12.3. The summed E-state index contributed by atoms with van der Waals surface area (Å²) in [5.41, 5.74) is 0.804. The van der Waals surface area contributed by atoms with Gasteiger partial charge in [0.2, 0.25) is 0 Å². The number of para-hydroxylation sites is 2. The van der Waals surface area contributed by atoms with Crippen LogP contribution in [-0.2, 0) is 5.41 Å². The normalized spacial score (nSPS) is 15.2. The van der Waals surface area contributed by atoms with E-state index in [-0.39, 0.29) is 22.5 Å². The van der Waals surface area contributed by atoms with Crippen molar-refractivity contribution in [2.75, 3.05) is 20.8 Å². The van der Waals surface area contributed by atoms with Crippen molar-refractivity contribution in [2.24, 2.45) is 0 Å². The van der Waals surface area contributed by atoms with Crippen LogP contribution < -0.4 is 19.5 Å². The van der Waals surface area contributed by atoms with E-state index in [2.05, 4.69) is 10.1 Å². The van der Waals surface area contributed by atoms with Gasteiger partial charge in [-0.25, -0.2) is 0 Å². The van der Waals surface area contributed by atoms with E-state index in [1.165, 1.54) is 19.2 Å². The lowest BCUT2D eigenvalue weighted by atomic mass is 9.78. The predicted molar refractivity (Wildman–Crippen MR) is 105 cm³/mol. The van der Waals surface area contributed by atoms with Crippen molar-refractivity contribution in [3.05, 3.63) is 53.6 Å². The average molecular weight is 405 g/mol. The largest absolute Gasteiger partial charge is 0.496 e. The minimum absolute atomic E-state index is 0.0119. The monoisotopic (exact) mass is 405 g/mol. The van der Waals surface area contributed by atoms with E-state index >= 15 is 0 Å². The highest BCUT2D eigenvalue weighted by atomic mass is 19.3. The summed E-state index contributed by atoms with van der Waals surface area (Å²) in [4.78, 5) is 12.9. The van der Waals surface area contributed by atoms with E-state index in [0.717, 1.165) is 37.0 Å². The molecular weight excluding hydrogens is 380 g/mol. The van der Waals surface area contributed by atoms with Crippen molar-refractivity contribution in [1.29, 1.82) is 0 Å². The summed E-state index contributed by atoms with van der Waals surface area (Å²) in [5.74, 6) is 0.117. The highest BCUT2D eigenvalue weighted by molar-refractivity contribution is 5.97. The van der Waals surface area contributed by atoms with E-state index in [1.807, 2.05) is 24.3 Å². The number of methoxy groups -OCH3 is 2. The number of nitrogens with one attached hydrogen (secondary N) is 1. The van der Waals surface area contributed by atoms with Crippen molar-refractivity contribution < 1.29 is 27.8 Å². The zero-order valence-corrected chi connectivity index (χ0v) is 16.5. The Morgan fingerprint density at radius 1 is 1.03 bits per heavy atom. The SMILES string of the molecule is COc1ccccc1C1(CNC(=O)c2cccc(OC)c2OC(F)F)CCCC1. The predicted octanol–water partition coefficient (Wildman–Crippen LogP) is 4.55. The number of ether oxygens (including phenoxy) is 3. The average Bonchev–Trinajstić information content (AvgIpc) is 3.21. The molecule has 1 aliphatic rings. The molecule has 1 aliphatic carbocycles. The molecule has 1 saturated carbocycles. The summed E-state index contributed by atoms with van der Waals surface area (Å²) < 4.78 is 40.9. The topological polar surface area (TPSA) is 56.8 Å². The van der Waals surface area contributed by atoms with Gasteiger partial charge in [0.1, 0.15) is 5.75 Å². The van der Waals surface area contributed by atoms with Crippen LogP contribution in [0.3, 0.4) is 0 Å². The molecule has 3 rings (SSSR count). The molecule has 0 heterocycles. The van der Waals surface area contributed by atoms with Crippen LogP contribution in [0.2, 0.25) is 0 Å². The molecule has 0 aromatic heterocycles. The number of hydrogen-bond acceptors (Lipinski definition) is 4. The summed E-state index contributed by atoms with van der Waals surface area (Å²) >= 11 is 0. The molecule has 1 amide bonds. The van der Waals surface area contributed by atoms with E-state index in [4.69, 9.17) is 9.47 Å². The Balaban J connectivity index is 1.86. The Bertz CT molecular complexity index is 850. The molecule has 156 valence electrons. The molecular formula is C22H25F2NO4. The number of alkyl halides is 2. The Morgan fingerprint density at radius 2 is 1.69 bits per heavy atom. The fraction of sp³-hybridized carbons (Fsp3) is 0.409. The van der Waals surface area contributed by atoms with Crippen molar-refractivity contribution in [3.8, 4) is 17.2 Å². The van der Waals surface area contributed by atoms with E-state index in [9.17, 15) is 13.6 Å². The van der Waals surface area contributed by atoms with Crippen molar-refractivity contribution >= 4 is 5.91 Å². The van der Waals surface area contributed by atoms with Crippen molar-refractivity contribution in [1.82, 2.24) is 5.32 Å². The number of benzene rings is 2. The quantitative estimate of drug-likeness (QED) is 0.700. The molecule has 0 spiro atoms. The number of hydrogen-bond donors (Lipinski definition) is 1. The number of rotatable bonds is 8. The zero-order valence-electron chi connectivity index (χ0n) is 16.5. The second-order valence-corrected chi connectivity index (χ2v) is 7.09. The molecule has 5 nitrogen and oxygen atoms in total.